The van der Waals surface area contributed by atoms with Crippen molar-refractivity contribution in [1.29, 1.82) is 0 Å². The third-order valence-electron chi connectivity index (χ3n) is 4.43. The van der Waals surface area contributed by atoms with Crippen LogP contribution in [0.1, 0.15) is 12.8 Å². The van der Waals surface area contributed by atoms with Crippen LogP contribution in [0.4, 0.5) is 0 Å². The molecule has 0 aromatic rings. The van der Waals surface area contributed by atoms with Crippen molar-refractivity contribution in [3.8, 4) is 0 Å². The highest BCUT2D eigenvalue weighted by atomic mass is 32.2. The van der Waals surface area contributed by atoms with E-state index < -0.39 is 20.2 Å². The van der Waals surface area contributed by atoms with Crippen LogP contribution in [0.3, 0.4) is 0 Å². The van der Waals surface area contributed by atoms with Crippen molar-refractivity contribution in [2.45, 2.75) is 12.8 Å². The third kappa shape index (κ3) is 11.4. The van der Waals surface area contributed by atoms with E-state index in [9.17, 15) is 16.8 Å². The van der Waals surface area contributed by atoms with Crippen molar-refractivity contribution in [2.75, 3.05) is 49.2 Å². The second-order valence-electron chi connectivity index (χ2n) is 6.92. The van der Waals surface area contributed by atoms with Crippen molar-refractivity contribution >= 4 is 48.8 Å². The van der Waals surface area contributed by atoms with Crippen LogP contribution < -0.4 is 0 Å². The van der Waals surface area contributed by atoms with Gasteiger partial charge in [0.25, 0.3) is 20.2 Å². The maximum atomic E-state index is 10.8. The molecule has 0 unspecified atom stereocenters. The Morgan fingerprint density at radius 2 is 1.58 bits per heavy atom. The van der Waals surface area contributed by atoms with Crippen LogP contribution in [0, 0.1) is 0 Å². The fraction of sp³-hybridized carbons (Fsp3) is 0.526. The molecular weight excluding hydrogens is 480 g/mol. The molecule has 0 radical (unpaired) electrons. The molecule has 2 aliphatic heterocycles. The predicted octanol–water partition coefficient (Wildman–Crippen LogP) is 2.26. The summed E-state index contributed by atoms with van der Waals surface area (Å²) in [5.74, 6) is 1.48. The van der Waals surface area contributed by atoms with Crippen molar-refractivity contribution in [1.82, 2.24) is 4.90 Å². The summed E-state index contributed by atoms with van der Waals surface area (Å²) in [5.41, 5.74) is 0. The molecule has 0 spiro atoms. The summed E-state index contributed by atoms with van der Waals surface area (Å²) in [6, 6.07) is 0. The Morgan fingerprint density at radius 3 is 2.32 bits per heavy atom. The Kier molecular flexibility index (Phi) is 10.9. The van der Waals surface area contributed by atoms with Gasteiger partial charge in [-0.2, -0.15) is 16.8 Å². The molecule has 2 rings (SSSR count). The topological polar surface area (TPSA) is 115 Å². The highest BCUT2D eigenvalue weighted by Gasteiger charge is 2.21. The standard InChI is InChI=1S/C19H28N2O6S4/c22-30(23,24)16-6-10-20-12-14-28-18(20)8-4-2-1-3-5-9-19-21(13-15-29-19)11-7-17-31(25,26)27/h1-5,8-9H,6-7,10-17H2,(H-,22,23,24,25,26,27)/p+1. The zero-order chi connectivity index (χ0) is 22.7. The molecule has 8 nitrogen and oxygen atoms in total. The monoisotopic (exact) mass is 509 g/mol. The van der Waals surface area contributed by atoms with Gasteiger partial charge in [0, 0.05) is 31.3 Å². The summed E-state index contributed by atoms with van der Waals surface area (Å²) in [7, 11) is -7.81. The van der Waals surface area contributed by atoms with E-state index in [-0.39, 0.29) is 11.5 Å². The van der Waals surface area contributed by atoms with E-state index in [2.05, 4.69) is 9.48 Å². The minimum Gasteiger partial charge on any atom is -0.366 e. The Balaban J connectivity index is 1.79. The molecule has 0 amide bonds. The summed E-state index contributed by atoms with van der Waals surface area (Å²) in [6.45, 7) is 2.93. The van der Waals surface area contributed by atoms with Gasteiger partial charge in [0.1, 0.15) is 6.54 Å². The van der Waals surface area contributed by atoms with Gasteiger partial charge in [0.2, 0.25) is 5.04 Å². The van der Waals surface area contributed by atoms with Gasteiger partial charge >= 0.3 is 0 Å². The maximum absolute atomic E-state index is 10.8. The SMILES string of the molecule is O=S(=O)(O)CCCN1CCSC1=CC=CC=CC=CC1=[N+](CCCS(=O)(=O)O)CCS1. The van der Waals surface area contributed by atoms with E-state index in [1.54, 1.807) is 23.5 Å². The summed E-state index contributed by atoms with van der Waals surface area (Å²) in [5, 5.41) is 2.18. The van der Waals surface area contributed by atoms with Crippen molar-refractivity contribution < 1.29 is 30.5 Å². The van der Waals surface area contributed by atoms with Gasteiger partial charge in [-0.15, -0.1) is 11.8 Å². The first-order chi connectivity index (χ1) is 14.6. The first-order valence-corrected chi connectivity index (χ1v) is 15.1. The third-order valence-corrected chi connectivity index (χ3v) is 8.19. The molecule has 174 valence electrons. The van der Waals surface area contributed by atoms with Gasteiger partial charge in [-0.25, -0.2) is 4.58 Å². The van der Waals surface area contributed by atoms with Crippen LogP contribution in [-0.2, 0) is 20.2 Å². The van der Waals surface area contributed by atoms with Gasteiger partial charge in [-0.05, 0) is 12.5 Å². The smallest absolute Gasteiger partial charge is 0.265 e. The lowest BCUT2D eigenvalue weighted by molar-refractivity contribution is -0.516. The van der Waals surface area contributed by atoms with Gasteiger partial charge in [0.15, 0.2) is 6.54 Å². The van der Waals surface area contributed by atoms with Crippen molar-refractivity contribution in [3.63, 3.8) is 0 Å². The molecule has 12 heteroatoms. The Morgan fingerprint density at radius 1 is 0.903 bits per heavy atom. The molecule has 2 heterocycles. The van der Waals surface area contributed by atoms with E-state index in [4.69, 9.17) is 9.11 Å². The molecule has 0 saturated carbocycles. The minimum absolute atomic E-state index is 0.221. The Labute approximate surface area is 193 Å². The number of nitrogens with zero attached hydrogens (tertiary/aromatic N) is 2. The second-order valence-corrected chi connectivity index (χ2v) is 12.3. The molecule has 2 aliphatic rings. The molecule has 0 atom stereocenters. The zero-order valence-electron chi connectivity index (χ0n) is 17.2. The van der Waals surface area contributed by atoms with Crippen LogP contribution in [0.5, 0.6) is 0 Å². The largest absolute Gasteiger partial charge is 0.366 e. The summed E-state index contributed by atoms with van der Waals surface area (Å²) in [6.07, 6.45) is 14.4. The number of allylic oxidation sites excluding steroid dienone is 6. The Bertz CT molecular complexity index is 965. The fourth-order valence-electron chi connectivity index (χ4n) is 3.02. The van der Waals surface area contributed by atoms with Crippen LogP contribution in [0.25, 0.3) is 0 Å². The quantitative estimate of drug-likeness (QED) is 0.232. The van der Waals surface area contributed by atoms with E-state index in [0.29, 0.717) is 25.9 Å². The molecule has 0 aliphatic carbocycles. The van der Waals surface area contributed by atoms with E-state index in [0.717, 1.165) is 34.7 Å². The maximum Gasteiger partial charge on any atom is 0.265 e. The lowest BCUT2D eigenvalue weighted by atomic mass is 10.3. The van der Waals surface area contributed by atoms with Gasteiger partial charge in [-0.3, -0.25) is 9.11 Å². The predicted molar refractivity (Wildman–Crippen MR) is 129 cm³/mol. The van der Waals surface area contributed by atoms with Gasteiger partial charge in [-0.1, -0.05) is 42.1 Å². The molecule has 31 heavy (non-hydrogen) atoms. The van der Waals surface area contributed by atoms with Crippen LogP contribution in [-0.4, -0.2) is 89.7 Å². The van der Waals surface area contributed by atoms with Crippen LogP contribution >= 0.6 is 23.5 Å². The highest BCUT2D eigenvalue weighted by molar-refractivity contribution is 8.14. The molecule has 1 fully saturated rings. The zero-order valence-corrected chi connectivity index (χ0v) is 20.4. The molecule has 1 saturated heterocycles. The molecule has 0 aromatic heterocycles. The van der Waals surface area contributed by atoms with Gasteiger partial charge in [0.05, 0.1) is 22.3 Å². The Hall–Kier alpha value is -1.05. The average molecular weight is 510 g/mol. The summed E-state index contributed by atoms with van der Waals surface area (Å²) in [4.78, 5) is 2.12. The molecular formula is C19H29N2O6S4+. The molecule has 2 N–H and O–H groups in total. The minimum atomic E-state index is -3.91. The first kappa shape index (κ1) is 26.2. The summed E-state index contributed by atoms with van der Waals surface area (Å²) >= 11 is 3.44. The molecule has 0 aromatic carbocycles. The fourth-order valence-corrected chi connectivity index (χ4v) is 6.13. The second kappa shape index (κ2) is 12.9. The normalized spacial score (nSPS) is 19.9. The lowest BCUT2D eigenvalue weighted by Gasteiger charge is -2.17. The van der Waals surface area contributed by atoms with Crippen molar-refractivity contribution in [2.24, 2.45) is 0 Å². The van der Waals surface area contributed by atoms with Crippen LogP contribution in [0.15, 0.2) is 47.6 Å². The van der Waals surface area contributed by atoms with E-state index >= 15 is 0 Å². The molecule has 0 bridgehead atoms. The van der Waals surface area contributed by atoms with E-state index in [1.165, 1.54) is 0 Å². The number of hydrogen-bond donors (Lipinski definition) is 2. The lowest BCUT2D eigenvalue weighted by Crippen LogP contribution is -2.21. The highest BCUT2D eigenvalue weighted by Crippen LogP contribution is 2.27. The number of rotatable bonds is 12. The van der Waals surface area contributed by atoms with Gasteiger partial charge < -0.3 is 4.90 Å². The van der Waals surface area contributed by atoms with E-state index in [1.807, 2.05) is 42.5 Å². The first-order valence-electron chi connectivity index (χ1n) is 9.88. The van der Waals surface area contributed by atoms with Crippen LogP contribution in [0.2, 0.25) is 0 Å². The average Bonchev–Trinajstić information content (AvgIpc) is 3.28. The number of thioether (sulfide) groups is 2. The number of hydrogen-bond acceptors (Lipinski definition) is 7. The summed E-state index contributed by atoms with van der Waals surface area (Å²) < 4.78 is 63.1. The van der Waals surface area contributed by atoms with Crippen molar-refractivity contribution in [3.05, 3.63) is 47.6 Å².